The van der Waals surface area contributed by atoms with E-state index in [0.29, 0.717) is 30.2 Å². The van der Waals surface area contributed by atoms with E-state index in [9.17, 15) is 4.79 Å². The maximum Gasteiger partial charge on any atom is 0.254 e. The molecule has 3 aromatic rings. The number of aryl methyl sites for hydroxylation is 1. The first-order valence-electron chi connectivity index (χ1n) is 9.72. The van der Waals surface area contributed by atoms with Gasteiger partial charge in [-0.15, -0.1) is 0 Å². The lowest BCUT2D eigenvalue weighted by molar-refractivity contribution is 0.0745. The lowest BCUT2D eigenvalue weighted by atomic mass is 10.1. The van der Waals surface area contributed by atoms with Gasteiger partial charge in [0.1, 0.15) is 17.3 Å². The van der Waals surface area contributed by atoms with Crippen molar-refractivity contribution in [1.82, 2.24) is 9.88 Å². The molecule has 1 amide bonds. The van der Waals surface area contributed by atoms with E-state index in [4.69, 9.17) is 14.5 Å². The number of methoxy groups -OCH3 is 2. The number of nitrogens with zero attached hydrogens (tertiary/aromatic N) is 3. The van der Waals surface area contributed by atoms with Crippen LogP contribution in [0.25, 0.3) is 10.9 Å². The van der Waals surface area contributed by atoms with Crippen molar-refractivity contribution in [1.29, 1.82) is 0 Å². The first-order chi connectivity index (χ1) is 14.1. The Labute approximate surface area is 170 Å². The minimum atomic E-state index is -0.00922. The van der Waals surface area contributed by atoms with Gasteiger partial charge in [-0.25, -0.2) is 4.98 Å². The summed E-state index contributed by atoms with van der Waals surface area (Å²) in [7, 11) is 3.17. The normalized spacial score (nSPS) is 14.2. The zero-order valence-corrected chi connectivity index (χ0v) is 17.0. The standard InChI is InChI=1S/C23H25N3O3/c1-16-12-17-6-4-5-7-21(17)24-22(16)25-8-10-26(11-9-25)23(27)18-13-19(28-2)15-20(14-18)29-3/h4-7,12-15H,8-11H2,1-3H3. The number of rotatable bonds is 4. The van der Waals surface area contributed by atoms with E-state index >= 15 is 0 Å². The van der Waals surface area contributed by atoms with Crippen molar-refractivity contribution in [2.75, 3.05) is 45.3 Å². The molecule has 0 aliphatic carbocycles. The summed E-state index contributed by atoms with van der Waals surface area (Å²) in [5.41, 5.74) is 2.73. The number of para-hydroxylation sites is 1. The number of carbonyl (C=O) groups is 1. The van der Waals surface area contributed by atoms with Crippen molar-refractivity contribution < 1.29 is 14.3 Å². The van der Waals surface area contributed by atoms with Crippen LogP contribution in [0.5, 0.6) is 11.5 Å². The Bertz CT molecular complexity index is 1020. The average Bonchev–Trinajstić information content (AvgIpc) is 2.77. The Hall–Kier alpha value is -3.28. The molecule has 0 unspecified atom stereocenters. The Kier molecular flexibility index (Phi) is 5.25. The van der Waals surface area contributed by atoms with Gasteiger partial charge in [-0.3, -0.25) is 4.79 Å². The number of benzene rings is 2. The van der Waals surface area contributed by atoms with Gasteiger partial charge in [-0.1, -0.05) is 18.2 Å². The quantitative estimate of drug-likeness (QED) is 0.681. The molecule has 0 radical (unpaired) electrons. The van der Waals surface area contributed by atoms with Crippen molar-refractivity contribution >= 4 is 22.6 Å². The fraction of sp³-hybridized carbons (Fsp3) is 0.304. The maximum absolute atomic E-state index is 13.0. The molecule has 1 aromatic heterocycles. The third-order valence-electron chi connectivity index (χ3n) is 5.35. The van der Waals surface area contributed by atoms with Crippen LogP contribution in [0.2, 0.25) is 0 Å². The fourth-order valence-corrected chi connectivity index (χ4v) is 3.77. The molecule has 2 aromatic carbocycles. The SMILES string of the molecule is COc1cc(OC)cc(C(=O)N2CCN(c3nc4ccccc4cc3C)CC2)c1. The van der Waals surface area contributed by atoms with E-state index in [2.05, 4.69) is 24.0 Å². The van der Waals surface area contributed by atoms with Gasteiger partial charge in [0, 0.05) is 43.2 Å². The number of carbonyl (C=O) groups excluding carboxylic acids is 1. The molecule has 1 fully saturated rings. The Morgan fingerprint density at radius 1 is 0.931 bits per heavy atom. The van der Waals surface area contributed by atoms with E-state index in [-0.39, 0.29) is 5.91 Å². The topological polar surface area (TPSA) is 54.9 Å². The van der Waals surface area contributed by atoms with Crippen LogP contribution in [0.15, 0.2) is 48.5 Å². The summed E-state index contributed by atoms with van der Waals surface area (Å²) in [6.45, 7) is 4.88. The highest BCUT2D eigenvalue weighted by Crippen LogP contribution is 2.26. The van der Waals surface area contributed by atoms with Crippen molar-refractivity contribution in [3.63, 3.8) is 0 Å². The molecule has 150 valence electrons. The molecular formula is C23H25N3O3. The van der Waals surface area contributed by atoms with Gasteiger partial charge in [0.05, 0.1) is 19.7 Å². The zero-order valence-electron chi connectivity index (χ0n) is 17.0. The van der Waals surface area contributed by atoms with Gasteiger partial charge in [-0.2, -0.15) is 0 Å². The summed E-state index contributed by atoms with van der Waals surface area (Å²) in [6, 6.07) is 15.6. The molecule has 0 N–H and O–H groups in total. The van der Waals surface area contributed by atoms with E-state index in [1.807, 2.05) is 23.1 Å². The summed E-state index contributed by atoms with van der Waals surface area (Å²) in [4.78, 5) is 22.0. The van der Waals surface area contributed by atoms with E-state index in [1.54, 1.807) is 32.4 Å². The Morgan fingerprint density at radius 2 is 1.59 bits per heavy atom. The summed E-state index contributed by atoms with van der Waals surface area (Å²) >= 11 is 0. The van der Waals surface area contributed by atoms with Gasteiger partial charge in [0.15, 0.2) is 0 Å². The maximum atomic E-state index is 13.0. The van der Waals surface area contributed by atoms with E-state index in [1.165, 1.54) is 0 Å². The molecule has 1 aliphatic rings. The monoisotopic (exact) mass is 391 g/mol. The summed E-state index contributed by atoms with van der Waals surface area (Å²) in [5.74, 6) is 2.22. The minimum Gasteiger partial charge on any atom is -0.497 e. The van der Waals surface area contributed by atoms with Crippen LogP contribution in [0.3, 0.4) is 0 Å². The molecule has 4 rings (SSSR count). The number of amides is 1. The van der Waals surface area contributed by atoms with Gasteiger partial charge < -0.3 is 19.3 Å². The van der Waals surface area contributed by atoms with Crippen LogP contribution in [-0.4, -0.2) is 56.2 Å². The number of pyridine rings is 1. The Morgan fingerprint density at radius 3 is 2.24 bits per heavy atom. The van der Waals surface area contributed by atoms with Gasteiger partial charge in [-0.05, 0) is 36.8 Å². The molecular weight excluding hydrogens is 366 g/mol. The second kappa shape index (κ2) is 7.99. The number of hydrogen-bond acceptors (Lipinski definition) is 5. The lowest BCUT2D eigenvalue weighted by Crippen LogP contribution is -2.49. The molecule has 0 saturated carbocycles. The molecule has 29 heavy (non-hydrogen) atoms. The second-order valence-corrected chi connectivity index (χ2v) is 7.20. The predicted molar refractivity (Wildman–Crippen MR) is 114 cm³/mol. The Balaban J connectivity index is 1.50. The van der Waals surface area contributed by atoms with Crippen LogP contribution in [0.1, 0.15) is 15.9 Å². The van der Waals surface area contributed by atoms with Crippen molar-refractivity contribution in [2.45, 2.75) is 6.92 Å². The van der Waals surface area contributed by atoms with Crippen molar-refractivity contribution in [2.24, 2.45) is 0 Å². The van der Waals surface area contributed by atoms with Crippen LogP contribution >= 0.6 is 0 Å². The first kappa shape index (κ1) is 19.1. The largest absolute Gasteiger partial charge is 0.497 e. The number of hydrogen-bond donors (Lipinski definition) is 0. The van der Waals surface area contributed by atoms with Crippen LogP contribution < -0.4 is 14.4 Å². The lowest BCUT2D eigenvalue weighted by Gasteiger charge is -2.36. The highest BCUT2D eigenvalue weighted by molar-refractivity contribution is 5.95. The summed E-state index contributed by atoms with van der Waals surface area (Å²) in [6.07, 6.45) is 0. The molecule has 0 atom stereocenters. The smallest absolute Gasteiger partial charge is 0.254 e. The van der Waals surface area contributed by atoms with Gasteiger partial charge in [0.25, 0.3) is 5.91 Å². The van der Waals surface area contributed by atoms with Gasteiger partial charge in [0.2, 0.25) is 0 Å². The minimum absolute atomic E-state index is 0.00922. The number of fused-ring (bicyclic) bond motifs is 1. The summed E-state index contributed by atoms with van der Waals surface area (Å²) in [5, 5.41) is 1.15. The molecule has 6 heteroatoms. The van der Waals surface area contributed by atoms with Crippen LogP contribution in [0, 0.1) is 6.92 Å². The number of aromatic nitrogens is 1. The average molecular weight is 391 g/mol. The van der Waals surface area contributed by atoms with Crippen molar-refractivity contribution in [3.05, 3.63) is 59.7 Å². The van der Waals surface area contributed by atoms with Gasteiger partial charge >= 0.3 is 0 Å². The summed E-state index contributed by atoms with van der Waals surface area (Å²) < 4.78 is 10.6. The molecule has 0 spiro atoms. The third-order valence-corrected chi connectivity index (χ3v) is 5.35. The molecule has 0 bridgehead atoms. The zero-order chi connectivity index (χ0) is 20.4. The fourth-order valence-electron chi connectivity index (χ4n) is 3.77. The van der Waals surface area contributed by atoms with E-state index < -0.39 is 0 Å². The number of ether oxygens (including phenoxy) is 2. The van der Waals surface area contributed by atoms with Crippen LogP contribution in [-0.2, 0) is 0 Å². The van der Waals surface area contributed by atoms with Crippen LogP contribution in [0.4, 0.5) is 5.82 Å². The first-order valence-corrected chi connectivity index (χ1v) is 9.72. The van der Waals surface area contributed by atoms with Crippen molar-refractivity contribution in [3.8, 4) is 11.5 Å². The number of piperazine rings is 1. The molecule has 6 nitrogen and oxygen atoms in total. The molecule has 1 saturated heterocycles. The third kappa shape index (κ3) is 3.83. The highest BCUT2D eigenvalue weighted by Gasteiger charge is 2.24. The molecule has 2 heterocycles. The molecule has 1 aliphatic heterocycles. The highest BCUT2D eigenvalue weighted by atomic mass is 16.5. The predicted octanol–water partition coefficient (Wildman–Crippen LogP) is 3.52. The second-order valence-electron chi connectivity index (χ2n) is 7.20. The van der Waals surface area contributed by atoms with E-state index in [0.717, 1.165) is 35.4 Å². The number of anilines is 1.